The minimum absolute atomic E-state index is 0.578. The number of hydrogen-bond donors (Lipinski definition) is 2. The van der Waals surface area contributed by atoms with Gasteiger partial charge in [0, 0.05) is 14.1 Å². The standard InChI is InChI=1S/C13H20N4O2/c1-4-13(14)8-7-9-10(17(13)12(18)19)5-6-11(15-9)16(2)3/h5-6H,4,7-8,14H2,1-3H3,(H,18,19). The Morgan fingerprint density at radius 3 is 2.79 bits per heavy atom. The van der Waals surface area contributed by atoms with Crippen LogP contribution in [0.15, 0.2) is 12.1 Å². The lowest BCUT2D eigenvalue weighted by Gasteiger charge is -2.42. The molecule has 1 aromatic heterocycles. The second-order valence-corrected chi connectivity index (χ2v) is 5.10. The monoisotopic (exact) mass is 264 g/mol. The van der Waals surface area contributed by atoms with Crippen LogP contribution in [0.2, 0.25) is 0 Å². The first-order chi connectivity index (χ1) is 8.89. The third-order valence-corrected chi connectivity index (χ3v) is 3.68. The molecule has 1 atom stereocenters. The van der Waals surface area contributed by atoms with Gasteiger partial charge in [-0.3, -0.25) is 4.90 Å². The second kappa shape index (κ2) is 4.70. The number of carbonyl (C=O) groups is 1. The molecular weight excluding hydrogens is 244 g/mol. The van der Waals surface area contributed by atoms with E-state index in [1.54, 1.807) is 6.07 Å². The van der Waals surface area contributed by atoms with E-state index in [0.717, 1.165) is 11.5 Å². The van der Waals surface area contributed by atoms with Gasteiger partial charge in [-0.25, -0.2) is 9.78 Å². The number of nitrogens with two attached hydrogens (primary N) is 1. The predicted octanol–water partition coefficient (Wildman–Crippen LogP) is 1.64. The normalized spacial score (nSPS) is 22.0. The van der Waals surface area contributed by atoms with Crippen LogP contribution in [0.5, 0.6) is 0 Å². The Kier molecular flexibility index (Phi) is 3.36. The van der Waals surface area contributed by atoms with Crippen LogP contribution in [0.1, 0.15) is 25.5 Å². The summed E-state index contributed by atoms with van der Waals surface area (Å²) in [5, 5.41) is 9.44. The van der Waals surface area contributed by atoms with Crippen LogP contribution in [0, 0.1) is 0 Å². The molecule has 6 heteroatoms. The number of pyridine rings is 1. The zero-order valence-corrected chi connectivity index (χ0v) is 11.6. The minimum Gasteiger partial charge on any atom is -0.465 e. The Morgan fingerprint density at radius 2 is 2.26 bits per heavy atom. The summed E-state index contributed by atoms with van der Waals surface area (Å²) in [4.78, 5) is 19.2. The summed E-state index contributed by atoms with van der Waals surface area (Å²) < 4.78 is 0. The van der Waals surface area contributed by atoms with Gasteiger partial charge in [-0.1, -0.05) is 6.92 Å². The van der Waals surface area contributed by atoms with Gasteiger partial charge in [-0.2, -0.15) is 0 Å². The maximum Gasteiger partial charge on any atom is 0.413 e. The van der Waals surface area contributed by atoms with Gasteiger partial charge in [0.25, 0.3) is 0 Å². The van der Waals surface area contributed by atoms with E-state index in [2.05, 4.69) is 4.98 Å². The van der Waals surface area contributed by atoms with E-state index >= 15 is 0 Å². The molecule has 104 valence electrons. The van der Waals surface area contributed by atoms with Gasteiger partial charge >= 0.3 is 6.09 Å². The molecule has 1 aliphatic heterocycles. The van der Waals surface area contributed by atoms with Crippen LogP contribution >= 0.6 is 0 Å². The van der Waals surface area contributed by atoms with Crippen molar-refractivity contribution >= 4 is 17.6 Å². The molecule has 2 rings (SSSR count). The molecule has 0 saturated heterocycles. The number of fused-ring (bicyclic) bond motifs is 1. The number of hydrogen-bond acceptors (Lipinski definition) is 4. The number of rotatable bonds is 2. The van der Waals surface area contributed by atoms with Gasteiger partial charge in [-0.15, -0.1) is 0 Å². The summed E-state index contributed by atoms with van der Waals surface area (Å²) in [5.41, 5.74) is 6.79. The molecular formula is C13H20N4O2. The molecule has 0 spiro atoms. The van der Waals surface area contributed by atoms with Gasteiger partial charge in [0.15, 0.2) is 0 Å². The summed E-state index contributed by atoms with van der Waals surface area (Å²) in [6.07, 6.45) is 0.844. The van der Waals surface area contributed by atoms with E-state index in [1.807, 2.05) is 32.0 Å². The Balaban J connectivity index is 2.50. The zero-order chi connectivity index (χ0) is 14.2. The number of aryl methyl sites for hydroxylation is 1. The summed E-state index contributed by atoms with van der Waals surface area (Å²) in [5.74, 6) is 0.824. The van der Waals surface area contributed by atoms with E-state index in [4.69, 9.17) is 5.73 Å². The summed E-state index contributed by atoms with van der Waals surface area (Å²) in [6, 6.07) is 3.61. The maximum absolute atomic E-state index is 11.5. The van der Waals surface area contributed by atoms with E-state index in [9.17, 15) is 9.90 Å². The SMILES string of the molecule is CCC1(N)CCc2nc(N(C)C)ccc2N1C(=O)O. The van der Waals surface area contributed by atoms with Gasteiger partial charge < -0.3 is 15.7 Å². The maximum atomic E-state index is 11.5. The summed E-state index contributed by atoms with van der Waals surface area (Å²) in [7, 11) is 3.82. The first-order valence-corrected chi connectivity index (χ1v) is 6.38. The molecule has 1 aliphatic rings. The quantitative estimate of drug-likeness (QED) is 0.848. The highest BCUT2D eigenvalue weighted by atomic mass is 16.4. The molecule has 0 fully saturated rings. The number of nitrogens with zero attached hydrogens (tertiary/aromatic N) is 3. The van der Waals surface area contributed by atoms with Gasteiger partial charge in [0.05, 0.1) is 17.0 Å². The molecule has 19 heavy (non-hydrogen) atoms. The Bertz CT molecular complexity index is 503. The highest BCUT2D eigenvalue weighted by Gasteiger charge is 2.40. The molecule has 0 saturated carbocycles. The molecule has 0 radical (unpaired) electrons. The lowest BCUT2D eigenvalue weighted by molar-refractivity contribution is 0.187. The van der Waals surface area contributed by atoms with Crippen LogP contribution in [0.25, 0.3) is 0 Å². The van der Waals surface area contributed by atoms with Crippen LogP contribution in [-0.2, 0) is 6.42 Å². The molecule has 0 bridgehead atoms. The van der Waals surface area contributed by atoms with Crippen LogP contribution in [-0.4, -0.2) is 35.9 Å². The molecule has 3 N–H and O–H groups in total. The highest BCUT2D eigenvalue weighted by Crippen LogP contribution is 2.36. The summed E-state index contributed by atoms with van der Waals surface area (Å²) in [6.45, 7) is 1.91. The fourth-order valence-electron chi connectivity index (χ4n) is 2.43. The topological polar surface area (TPSA) is 82.7 Å². The van der Waals surface area contributed by atoms with Crippen molar-refractivity contribution < 1.29 is 9.90 Å². The molecule has 0 aromatic carbocycles. The first-order valence-electron chi connectivity index (χ1n) is 6.38. The van der Waals surface area contributed by atoms with Gasteiger partial charge in [-0.05, 0) is 31.4 Å². The average molecular weight is 264 g/mol. The lowest BCUT2D eigenvalue weighted by Crippen LogP contribution is -2.60. The third kappa shape index (κ3) is 2.23. The molecule has 2 heterocycles. The van der Waals surface area contributed by atoms with E-state index in [-0.39, 0.29) is 0 Å². The van der Waals surface area contributed by atoms with Crippen molar-refractivity contribution in [2.45, 2.75) is 31.8 Å². The molecule has 1 unspecified atom stereocenters. The fourth-order valence-corrected chi connectivity index (χ4v) is 2.43. The van der Waals surface area contributed by atoms with Crippen molar-refractivity contribution in [1.82, 2.24) is 4.98 Å². The van der Waals surface area contributed by atoms with Crippen molar-refractivity contribution in [2.75, 3.05) is 23.9 Å². The fraction of sp³-hybridized carbons (Fsp3) is 0.538. The van der Waals surface area contributed by atoms with E-state index in [0.29, 0.717) is 24.9 Å². The average Bonchev–Trinajstić information content (AvgIpc) is 2.37. The Hall–Kier alpha value is -1.82. The van der Waals surface area contributed by atoms with Crippen LogP contribution < -0.4 is 15.5 Å². The van der Waals surface area contributed by atoms with E-state index < -0.39 is 11.8 Å². The van der Waals surface area contributed by atoms with E-state index in [1.165, 1.54) is 4.90 Å². The number of carboxylic acid groups (broad SMARTS) is 1. The van der Waals surface area contributed by atoms with Gasteiger partial charge in [0.1, 0.15) is 5.82 Å². The molecule has 6 nitrogen and oxygen atoms in total. The second-order valence-electron chi connectivity index (χ2n) is 5.10. The van der Waals surface area contributed by atoms with Crippen molar-refractivity contribution in [3.8, 4) is 0 Å². The molecule has 0 aliphatic carbocycles. The lowest BCUT2D eigenvalue weighted by atomic mass is 9.92. The largest absolute Gasteiger partial charge is 0.465 e. The van der Waals surface area contributed by atoms with Crippen molar-refractivity contribution in [3.05, 3.63) is 17.8 Å². The zero-order valence-electron chi connectivity index (χ0n) is 11.6. The predicted molar refractivity (Wildman–Crippen MR) is 74.6 cm³/mol. The Morgan fingerprint density at radius 1 is 1.58 bits per heavy atom. The minimum atomic E-state index is -1.02. The van der Waals surface area contributed by atoms with Crippen molar-refractivity contribution in [2.24, 2.45) is 5.73 Å². The number of anilines is 2. The van der Waals surface area contributed by atoms with Crippen molar-refractivity contribution in [1.29, 1.82) is 0 Å². The first kappa shape index (κ1) is 13.6. The number of aromatic nitrogens is 1. The molecule has 1 aromatic rings. The summed E-state index contributed by atoms with van der Waals surface area (Å²) >= 11 is 0. The van der Waals surface area contributed by atoms with Gasteiger partial charge in [0.2, 0.25) is 0 Å². The molecule has 1 amide bonds. The Labute approximate surface area is 112 Å². The third-order valence-electron chi connectivity index (χ3n) is 3.68. The van der Waals surface area contributed by atoms with Crippen LogP contribution in [0.4, 0.5) is 16.3 Å². The van der Waals surface area contributed by atoms with Crippen molar-refractivity contribution in [3.63, 3.8) is 0 Å². The smallest absolute Gasteiger partial charge is 0.413 e. The number of amides is 1. The highest BCUT2D eigenvalue weighted by molar-refractivity contribution is 5.89. The van der Waals surface area contributed by atoms with Crippen LogP contribution in [0.3, 0.4) is 0 Å².